The van der Waals surface area contributed by atoms with Crippen LogP contribution in [-0.2, 0) is 20.6 Å². The van der Waals surface area contributed by atoms with Gasteiger partial charge in [0.25, 0.3) is 8.32 Å². The molecule has 2 fully saturated rings. The van der Waals surface area contributed by atoms with Gasteiger partial charge >= 0.3 is 0 Å². The Balaban J connectivity index is 1.14. The summed E-state index contributed by atoms with van der Waals surface area (Å²) in [6.07, 6.45) is 3.42. The van der Waals surface area contributed by atoms with Crippen LogP contribution in [0.1, 0.15) is 69.6 Å². The van der Waals surface area contributed by atoms with Gasteiger partial charge in [-0.2, -0.15) is 0 Å². The van der Waals surface area contributed by atoms with Gasteiger partial charge in [0.15, 0.2) is 0 Å². The van der Waals surface area contributed by atoms with Gasteiger partial charge in [0.2, 0.25) is 11.8 Å². The van der Waals surface area contributed by atoms with Gasteiger partial charge in [0, 0.05) is 31.6 Å². The maximum absolute atomic E-state index is 14.8. The van der Waals surface area contributed by atoms with Gasteiger partial charge in [0.1, 0.15) is 5.75 Å². The van der Waals surface area contributed by atoms with E-state index >= 15 is 0 Å². The zero-order chi connectivity index (χ0) is 44.8. The van der Waals surface area contributed by atoms with Crippen LogP contribution in [0.15, 0.2) is 157 Å². The highest BCUT2D eigenvalue weighted by Crippen LogP contribution is 2.48. The van der Waals surface area contributed by atoms with Crippen LogP contribution in [-0.4, -0.2) is 83.7 Å². The molecule has 2 saturated heterocycles. The van der Waals surface area contributed by atoms with Crippen molar-refractivity contribution in [3.63, 3.8) is 0 Å². The molecule has 9 heteroatoms. The number of phenols is 1. The summed E-state index contributed by atoms with van der Waals surface area (Å²) in [6, 6.07) is 48.1. The molecule has 0 aromatic heterocycles. The predicted octanol–water partition coefficient (Wildman–Crippen LogP) is 8.23. The topological polar surface area (TPSA) is 111 Å². The number of imide groups is 1. The van der Waals surface area contributed by atoms with Crippen molar-refractivity contribution in [2.75, 3.05) is 26.3 Å². The van der Waals surface area contributed by atoms with Crippen LogP contribution in [0.25, 0.3) is 11.6 Å². The molecule has 5 aromatic rings. The van der Waals surface area contributed by atoms with Crippen molar-refractivity contribution in [2.24, 2.45) is 17.8 Å². The number of carbonyl (C=O) groups is 2. The first kappa shape index (κ1) is 45.2. The molecule has 4 atom stereocenters. The molecule has 332 valence electrons. The quantitative estimate of drug-likeness (QED) is 0.0421. The number of fused-ring (bicyclic) bond motifs is 1. The number of aromatic hydroxyl groups is 1. The molecule has 64 heavy (non-hydrogen) atoms. The fourth-order valence-electron chi connectivity index (χ4n) is 10.8. The lowest BCUT2D eigenvalue weighted by atomic mass is 9.68. The molecule has 3 N–H and O–H groups in total. The van der Waals surface area contributed by atoms with E-state index < -0.39 is 32.2 Å². The Bertz CT molecular complexity index is 2390. The maximum Gasteiger partial charge on any atom is 0.261 e. The Kier molecular flexibility index (Phi) is 13.9. The van der Waals surface area contributed by atoms with Crippen LogP contribution in [0.5, 0.6) is 5.75 Å². The summed E-state index contributed by atoms with van der Waals surface area (Å²) >= 11 is 0. The number of aliphatic hydroxyl groups is 2. The van der Waals surface area contributed by atoms with Gasteiger partial charge in [-0.3, -0.25) is 19.4 Å². The van der Waals surface area contributed by atoms with Crippen molar-refractivity contribution in [3.05, 3.63) is 173 Å². The van der Waals surface area contributed by atoms with Crippen LogP contribution in [0, 0.1) is 17.8 Å². The van der Waals surface area contributed by atoms with Gasteiger partial charge < -0.3 is 19.7 Å². The molecule has 0 bridgehead atoms. The SMILES string of the molecule is CC(C)(C)[Si](OCC1=C([C@H](O)CC/C(=C/c2cccc(O)c2)c2ccccc2)[C@H](CO)[C@@H]2C(=O)N(C3CCN(Cc4ccccc4)CC3)C(=O)[C@@H]2C1)(c1ccccc1)c1ccccc1. The second-order valence-electron chi connectivity index (χ2n) is 18.9. The Morgan fingerprint density at radius 1 is 0.797 bits per heavy atom. The van der Waals surface area contributed by atoms with Crippen molar-refractivity contribution in [1.82, 2.24) is 9.80 Å². The average Bonchev–Trinajstić information content (AvgIpc) is 3.56. The first-order valence-corrected chi connectivity index (χ1v) is 24.8. The van der Waals surface area contributed by atoms with E-state index in [0.717, 1.165) is 52.3 Å². The van der Waals surface area contributed by atoms with E-state index in [0.29, 0.717) is 31.3 Å². The highest BCUT2D eigenvalue weighted by molar-refractivity contribution is 6.99. The Hall–Kier alpha value is -5.42. The summed E-state index contributed by atoms with van der Waals surface area (Å²) in [4.78, 5) is 33.5. The van der Waals surface area contributed by atoms with Crippen molar-refractivity contribution in [1.29, 1.82) is 0 Å². The molecule has 3 aliphatic rings. The van der Waals surface area contributed by atoms with Crippen molar-refractivity contribution in [2.45, 2.75) is 76.6 Å². The Labute approximate surface area is 379 Å². The van der Waals surface area contributed by atoms with E-state index in [1.54, 1.807) is 17.0 Å². The number of likely N-dealkylation sites (tertiary alicyclic amines) is 2. The third-order valence-electron chi connectivity index (χ3n) is 13.9. The van der Waals surface area contributed by atoms with E-state index in [1.807, 2.05) is 78.9 Å². The Morgan fingerprint density at radius 3 is 1.97 bits per heavy atom. The van der Waals surface area contributed by atoms with E-state index in [1.165, 1.54) is 5.56 Å². The van der Waals surface area contributed by atoms with E-state index in [2.05, 4.69) is 86.3 Å². The molecule has 2 amide bonds. The van der Waals surface area contributed by atoms with Crippen LogP contribution in [0.4, 0.5) is 0 Å². The van der Waals surface area contributed by atoms with Gasteiger partial charge in [-0.25, -0.2) is 0 Å². The fourth-order valence-corrected chi connectivity index (χ4v) is 15.4. The molecular formula is C55H62N2O6Si. The third kappa shape index (κ3) is 9.37. The standard InChI is InChI=1S/C55H62N2O6Si/c1-55(2,3)64(46-23-12-6-13-24-46,47-25-14-7-15-26-47)63-38-43-35-48-52(54(62)57(53(48)61)44-29-31-56(32-30-44)36-39-17-8-4-9-18-39)49(37-58)51(43)50(60)28-27-42(41-20-10-5-11-21-41)33-40-19-16-22-45(59)34-40/h4-26,33-34,44,48-50,52,58-60H,27-32,35-38H2,1-3H3/b42-33-/t48-,49+,50-,52-/m1/s1. The van der Waals surface area contributed by atoms with Crippen molar-refractivity contribution < 1.29 is 29.3 Å². The first-order valence-electron chi connectivity index (χ1n) is 22.9. The minimum Gasteiger partial charge on any atom is -0.508 e. The normalized spacial score (nSPS) is 20.7. The number of benzene rings is 5. The summed E-state index contributed by atoms with van der Waals surface area (Å²) in [7, 11) is -3.07. The number of hydrogen-bond acceptors (Lipinski definition) is 7. The monoisotopic (exact) mass is 874 g/mol. The third-order valence-corrected chi connectivity index (χ3v) is 18.9. The van der Waals surface area contributed by atoms with E-state index in [9.17, 15) is 24.9 Å². The second-order valence-corrected chi connectivity index (χ2v) is 23.2. The highest BCUT2D eigenvalue weighted by atomic mass is 28.4. The summed E-state index contributed by atoms with van der Waals surface area (Å²) in [5, 5.41) is 36.3. The summed E-state index contributed by atoms with van der Waals surface area (Å²) in [6.45, 7) is 8.80. The van der Waals surface area contributed by atoms with Crippen molar-refractivity contribution >= 4 is 42.2 Å². The number of allylic oxidation sites excluding steroid dienone is 1. The lowest BCUT2D eigenvalue weighted by molar-refractivity contribution is -0.144. The summed E-state index contributed by atoms with van der Waals surface area (Å²) < 4.78 is 7.52. The van der Waals surface area contributed by atoms with E-state index in [-0.39, 0.29) is 48.3 Å². The van der Waals surface area contributed by atoms with Gasteiger partial charge in [0.05, 0.1) is 31.2 Å². The molecular weight excluding hydrogens is 813 g/mol. The van der Waals surface area contributed by atoms with E-state index in [4.69, 9.17) is 4.43 Å². The summed E-state index contributed by atoms with van der Waals surface area (Å²) in [5.41, 5.74) is 5.45. The number of nitrogens with zero attached hydrogens (tertiary/aromatic N) is 2. The zero-order valence-electron chi connectivity index (χ0n) is 37.4. The van der Waals surface area contributed by atoms with Gasteiger partial charge in [-0.05, 0) is 93.1 Å². The largest absolute Gasteiger partial charge is 0.508 e. The number of amides is 2. The molecule has 5 aromatic carbocycles. The average molecular weight is 875 g/mol. The lowest BCUT2D eigenvalue weighted by Gasteiger charge is -2.44. The molecule has 8 rings (SSSR count). The predicted molar refractivity (Wildman–Crippen MR) is 257 cm³/mol. The number of phenolic OH excluding ortho intramolecular Hbond substituents is 1. The lowest BCUT2D eigenvalue weighted by Crippen LogP contribution is -2.66. The minimum absolute atomic E-state index is 0.142. The van der Waals surface area contributed by atoms with Gasteiger partial charge in [-0.1, -0.05) is 160 Å². The highest BCUT2D eigenvalue weighted by Gasteiger charge is 2.57. The van der Waals surface area contributed by atoms with Crippen molar-refractivity contribution in [3.8, 4) is 5.75 Å². The number of hydrogen-bond donors (Lipinski definition) is 3. The molecule has 0 spiro atoms. The van der Waals surface area contributed by atoms with Crippen LogP contribution >= 0.6 is 0 Å². The number of piperidine rings is 1. The Morgan fingerprint density at radius 2 is 1.39 bits per heavy atom. The number of rotatable bonds is 15. The molecule has 1 aliphatic carbocycles. The second kappa shape index (κ2) is 19.8. The van der Waals surface area contributed by atoms with Crippen LogP contribution in [0.2, 0.25) is 5.04 Å². The number of carbonyl (C=O) groups excluding carboxylic acids is 2. The molecule has 0 unspecified atom stereocenters. The zero-order valence-corrected chi connectivity index (χ0v) is 38.4. The molecule has 2 heterocycles. The maximum atomic E-state index is 14.8. The fraction of sp³-hybridized carbons (Fsp3) is 0.345. The molecule has 0 radical (unpaired) electrons. The summed E-state index contributed by atoms with van der Waals surface area (Å²) in [5.74, 6) is -2.44. The molecule has 0 saturated carbocycles. The molecule has 2 aliphatic heterocycles. The first-order chi connectivity index (χ1) is 31.0. The minimum atomic E-state index is -3.07. The number of aliphatic hydroxyl groups excluding tert-OH is 2. The van der Waals surface area contributed by atoms with Crippen LogP contribution < -0.4 is 10.4 Å². The van der Waals surface area contributed by atoms with Crippen LogP contribution in [0.3, 0.4) is 0 Å². The smallest absolute Gasteiger partial charge is 0.261 e. The van der Waals surface area contributed by atoms with Gasteiger partial charge in [-0.15, -0.1) is 0 Å². The molecule has 8 nitrogen and oxygen atoms in total.